The molecule has 12 heteroatoms. The molecule has 3 rings (SSSR count). The SMILES string of the molecule is CC1CCn2cc(C(=O)NCc3ccc(F)cc3F)c(=O)c(OCOC(=O)N(C)C)c2C1=O.CCCO. The minimum atomic E-state index is -0.873. The number of benzene rings is 1. The number of pyridine rings is 1. The van der Waals surface area contributed by atoms with Crippen molar-refractivity contribution >= 4 is 17.8 Å². The molecule has 1 unspecified atom stereocenters. The highest BCUT2D eigenvalue weighted by Crippen LogP contribution is 2.26. The predicted molar refractivity (Wildman–Crippen MR) is 129 cm³/mol. The Morgan fingerprint density at radius 3 is 2.51 bits per heavy atom. The molecule has 2 N–H and O–H groups in total. The van der Waals surface area contributed by atoms with Crippen molar-refractivity contribution in [2.75, 3.05) is 27.5 Å². The van der Waals surface area contributed by atoms with Crippen LogP contribution in [0.2, 0.25) is 0 Å². The Hall–Kier alpha value is -3.80. The van der Waals surface area contributed by atoms with Gasteiger partial charge in [0.2, 0.25) is 12.2 Å². The molecule has 1 aromatic heterocycles. The molecule has 0 saturated carbocycles. The molecule has 0 fully saturated rings. The fraction of sp³-hybridized carbons (Fsp3) is 0.440. The zero-order chi connectivity index (χ0) is 27.7. The summed E-state index contributed by atoms with van der Waals surface area (Å²) in [6.45, 7) is 3.37. The van der Waals surface area contributed by atoms with Crippen LogP contribution in [0.1, 0.15) is 53.1 Å². The van der Waals surface area contributed by atoms with Crippen LogP contribution in [-0.2, 0) is 17.8 Å². The summed E-state index contributed by atoms with van der Waals surface area (Å²) in [6, 6.07) is 2.91. The number of carbonyl (C=O) groups is 3. The first-order chi connectivity index (χ1) is 17.5. The molecule has 37 heavy (non-hydrogen) atoms. The van der Waals surface area contributed by atoms with Gasteiger partial charge in [-0.05, 0) is 18.9 Å². The van der Waals surface area contributed by atoms with Crippen molar-refractivity contribution in [2.24, 2.45) is 5.92 Å². The zero-order valence-electron chi connectivity index (χ0n) is 21.2. The van der Waals surface area contributed by atoms with E-state index in [1.807, 2.05) is 6.92 Å². The summed E-state index contributed by atoms with van der Waals surface area (Å²) >= 11 is 0. The normalized spacial score (nSPS) is 14.1. The lowest BCUT2D eigenvalue weighted by atomic mass is 9.94. The van der Waals surface area contributed by atoms with Crippen LogP contribution in [0.5, 0.6) is 5.75 Å². The number of Topliss-reactive ketones (excluding diaryl/α,β-unsaturated/α-hetero) is 1. The van der Waals surface area contributed by atoms with Gasteiger partial charge < -0.3 is 29.4 Å². The third-order valence-electron chi connectivity index (χ3n) is 5.40. The maximum absolute atomic E-state index is 13.9. The smallest absolute Gasteiger partial charge is 0.412 e. The molecular formula is C25H31F2N3O7. The van der Waals surface area contributed by atoms with Crippen LogP contribution >= 0.6 is 0 Å². The van der Waals surface area contributed by atoms with E-state index in [1.165, 1.54) is 30.9 Å². The molecule has 1 aliphatic heterocycles. The number of aliphatic hydroxyl groups is 1. The van der Waals surface area contributed by atoms with E-state index in [0.29, 0.717) is 25.6 Å². The molecule has 2 aromatic rings. The molecule has 10 nitrogen and oxygen atoms in total. The summed E-state index contributed by atoms with van der Waals surface area (Å²) in [5.41, 5.74) is -1.20. The zero-order valence-corrected chi connectivity index (χ0v) is 21.2. The van der Waals surface area contributed by atoms with Crippen molar-refractivity contribution in [2.45, 2.75) is 39.8 Å². The van der Waals surface area contributed by atoms with Crippen LogP contribution in [0, 0.1) is 17.6 Å². The van der Waals surface area contributed by atoms with Crippen molar-refractivity contribution in [1.82, 2.24) is 14.8 Å². The summed E-state index contributed by atoms with van der Waals surface area (Å²) in [4.78, 5) is 51.3. The first kappa shape index (κ1) is 29.4. The number of rotatable bonds is 7. The lowest BCUT2D eigenvalue weighted by Gasteiger charge is -2.25. The number of aryl methyl sites for hydroxylation is 1. The third-order valence-corrected chi connectivity index (χ3v) is 5.40. The molecular weight excluding hydrogens is 492 g/mol. The number of amides is 2. The Morgan fingerprint density at radius 1 is 1.24 bits per heavy atom. The van der Waals surface area contributed by atoms with Gasteiger partial charge in [-0.25, -0.2) is 13.6 Å². The van der Waals surface area contributed by atoms with E-state index in [2.05, 4.69) is 5.32 Å². The number of aliphatic hydroxyl groups excluding tert-OH is 1. The van der Waals surface area contributed by atoms with E-state index >= 15 is 0 Å². The minimum absolute atomic E-state index is 0.0132. The largest absolute Gasteiger partial charge is 0.451 e. The summed E-state index contributed by atoms with van der Waals surface area (Å²) in [5.74, 6) is -3.54. The average Bonchev–Trinajstić information content (AvgIpc) is 2.86. The van der Waals surface area contributed by atoms with E-state index in [4.69, 9.17) is 14.6 Å². The highest BCUT2D eigenvalue weighted by atomic mass is 19.1. The van der Waals surface area contributed by atoms with Gasteiger partial charge in [0.25, 0.3) is 5.91 Å². The average molecular weight is 524 g/mol. The molecule has 0 radical (unpaired) electrons. The number of hydrogen-bond acceptors (Lipinski definition) is 7. The Labute approximate surface area is 212 Å². The van der Waals surface area contributed by atoms with Gasteiger partial charge in [-0.3, -0.25) is 14.4 Å². The minimum Gasteiger partial charge on any atom is -0.451 e. The molecule has 1 atom stereocenters. The summed E-state index contributed by atoms with van der Waals surface area (Å²) in [6.07, 6.45) is 1.89. The number of fused-ring (bicyclic) bond motifs is 1. The molecule has 2 amide bonds. The molecule has 0 bridgehead atoms. The molecule has 2 heterocycles. The molecule has 0 aliphatic carbocycles. The maximum Gasteiger partial charge on any atom is 0.412 e. The van der Waals surface area contributed by atoms with Crippen molar-refractivity contribution in [3.05, 3.63) is 63.1 Å². The van der Waals surface area contributed by atoms with E-state index in [0.717, 1.165) is 17.4 Å². The van der Waals surface area contributed by atoms with Crippen molar-refractivity contribution in [3.8, 4) is 5.75 Å². The van der Waals surface area contributed by atoms with Crippen molar-refractivity contribution < 1.29 is 37.7 Å². The molecule has 202 valence electrons. The maximum atomic E-state index is 13.9. The topological polar surface area (TPSA) is 127 Å². The van der Waals surface area contributed by atoms with E-state index in [-0.39, 0.29) is 35.1 Å². The molecule has 0 saturated heterocycles. The van der Waals surface area contributed by atoms with Crippen LogP contribution < -0.4 is 15.5 Å². The van der Waals surface area contributed by atoms with Crippen LogP contribution in [0.3, 0.4) is 0 Å². The Bertz CT molecular complexity index is 1200. The number of nitrogens with one attached hydrogen (secondary N) is 1. The van der Waals surface area contributed by atoms with Gasteiger partial charge in [-0.15, -0.1) is 0 Å². The number of ketones is 1. The predicted octanol–water partition coefficient (Wildman–Crippen LogP) is 2.70. The summed E-state index contributed by atoms with van der Waals surface area (Å²) < 4.78 is 38.6. The van der Waals surface area contributed by atoms with Crippen LogP contribution in [0.25, 0.3) is 0 Å². The van der Waals surface area contributed by atoms with Gasteiger partial charge >= 0.3 is 6.09 Å². The van der Waals surface area contributed by atoms with Crippen LogP contribution in [-0.4, -0.2) is 59.9 Å². The van der Waals surface area contributed by atoms with Crippen LogP contribution in [0.15, 0.2) is 29.2 Å². The lowest BCUT2D eigenvalue weighted by molar-refractivity contribution is 0.0412. The first-order valence-electron chi connectivity index (χ1n) is 11.6. The second kappa shape index (κ2) is 13.5. The number of carbonyl (C=O) groups excluding carboxylic acids is 3. The van der Waals surface area contributed by atoms with Crippen molar-refractivity contribution in [3.63, 3.8) is 0 Å². The molecule has 0 spiro atoms. The standard InChI is InChI=1S/C22H23F2N3O6.C3H8O/c1-12-6-7-27-10-15(21(30)25-9-13-4-5-14(23)8-16(13)24)19(29)20(17(27)18(12)28)32-11-33-22(31)26(2)3;1-2-3-4/h4-5,8,10,12H,6-7,9,11H2,1-3H3,(H,25,30);4H,2-3H2,1H3. The number of halogens is 2. The van der Waals surface area contributed by atoms with E-state index < -0.39 is 41.6 Å². The lowest BCUT2D eigenvalue weighted by Crippen LogP contribution is -2.35. The number of aromatic nitrogens is 1. The Kier molecular flexibility index (Phi) is 10.7. The number of nitrogens with zero attached hydrogens (tertiary/aromatic N) is 2. The number of ether oxygens (including phenoxy) is 2. The van der Waals surface area contributed by atoms with Crippen LogP contribution in [0.4, 0.5) is 13.6 Å². The van der Waals surface area contributed by atoms with E-state index in [9.17, 15) is 28.0 Å². The summed E-state index contributed by atoms with van der Waals surface area (Å²) in [5, 5.41) is 10.3. The number of hydrogen-bond donors (Lipinski definition) is 2. The van der Waals surface area contributed by atoms with Gasteiger partial charge in [-0.2, -0.15) is 0 Å². The van der Waals surface area contributed by atoms with E-state index in [1.54, 1.807) is 6.92 Å². The fourth-order valence-electron chi connectivity index (χ4n) is 3.27. The quantitative estimate of drug-likeness (QED) is 0.534. The highest BCUT2D eigenvalue weighted by Gasteiger charge is 2.31. The second-order valence-corrected chi connectivity index (χ2v) is 8.51. The van der Waals surface area contributed by atoms with Gasteiger partial charge in [-0.1, -0.05) is 19.9 Å². The summed E-state index contributed by atoms with van der Waals surface area (Å²) in [7, 11) is 2.92. The Morgan fingerprint density at radius 2 is 1.92 bits per heavy atom. The van der Waals surface area contributed by atoms with Gasteiger partial charge in [0.05, 0.1) is 0 Å². The van der Waals surface area contributed by atoms with Gasteiger partial charge in [0.1, 0.15) is 22.9 Å². The van der Waals surface area contributed by atoms with Crippen molar-refractivity contribution in [1.29, 1.82) is 0 Å². The van der Waals surface area contributed by atoms with Gasteiger partial charge in [0.15, 0.2) is 11.5 Å². The molecule has 1 aliphatic rings. The van der Waals surface area contributed by atoms with Gasteiger partial charge in [0, 0.05) is 57.5 Å². The Balaban J connectivity index is 0.00000112. The monoisotopic (exact) mass is 523 g/mol. The highest BCUT2D eigenvalue weighted by molar-refractivity contribution is 6.01. The first-order valence-corrected chi connectivity index (χ1v) is 11.6. The third kappa shape index (κ3) is 7.59. The second-order valence-electron chi connectivity index (χ2n) is 8.51. The molecule has 1 aromatic carbocycles. The fourth-order valence-corrected chi connectivity index (χ4v) is 3.27.